The van der Waals surface area contributed by atoms with E-state index in [0.29, 0.717) is 15.6 Å². The number of aromatic nitrogens is 2. The van der Waals surface area contributed by atoms with E-state index in [4.69, 9.17) is 11.6 Å². The topological polar surface area (TPSA) is 62.8 Å². The fourth-order valence-corrected chi connectivity index (χ4v) is 1.88. The zero-order valence-electron chi connectivity index (χ0n) is 7.36. The Labute approximate surface area is 93.2 Å². The third kappa shape index (κ3) is 2.31. The van der Waals surface area contributed by atoms with Crippen molar-refractivity contribution in [3.63, 3.8) is 0 Å². The van der Waals surface area contributed by atoms with Gasteiger partial charge in [0.15, 0.2) is 0 Å². The molecule has 0 spiro atoms. The van der Waals surface area contributed by atoms with Gasteiger partial charge >= 0.3 is 10.6 Å². The monoisotopic (exact) mass is 240 g/mol. The molecule has 0 radical (unpaired) electrons. The summed E-state index contributed by atoms with van der Waals surface area (Å²) in [5.74, 6) is 0. The molecular weight excluding hydrogens is 236 g/mol. The van der Waals surface area contributed by atoms with Gasteiger partial charge < -0.3 is 0 Å². The molecule has 1 heterocycles. The van der Waals surface area contributed by atoms with E-state index < -0.39 is 10.6 Å². The van der Waals surface area contributed by atoms with Crippen molar-refractivity contribution in [1.82, 2.24) is 9.97 Å². The first-order chi connectivity index (χ1) is 7.15. The molecule has 2 rings (SSSR count). The van der Waals surface area contributed by atoms with E-state index in [2.05, 4.69) is 9.97 Å². The molecule has 6 heteroatoms. The molecule has 1 N–H and O–H groups in total. The molecule has 0 aliphatic heterocycles. The van der Waals surface area contributed by atoms with Crippen molar-refractivity contribution in [3.05, 3.63) is 49.4 Å². The number of aromatic amines is 1. The standard InChI is InChI=1S/C9H5ClN2O2S/c10-6-3-1-5(2-4-6)7-11-8(13)12-9(14)15-7/h1-4H,(H,12,13,14). The van der Waals surface area contributed by atoms with Crippen LogP contribution in [0.15, 0.2) is 33.9 Å². The van der Waals surface area contributed by atoms with Gasteiger partial charge in [0, 0.05) is 10.6 Å². The minimum Gasteiger partial charge on any atom is -0.264 e. The van der Waals surface area contributed by atoms with Crippen molar-refractivity contribution in [3.8, 4) is 10.6 Å². The van der Waals surface area contributed by atoms with Crippen LogP contribution >= 0.6 is 22.9 Å². The van der Waals surface area contributed by atoms with Gasteiger partial charge in [-0.25, -0.2) is 4.79 Å². The molecule has 4 nitrogen and oxygen atoms in total. The average Bonchev–Trinajstić information content (AvgIpc) is 2.17. The van der Waals surface area contributed by atoms with Gasteiger partial charge in [-0.15, -0.1) is 0 Å². The number of hydrogen-bond acceptors (Lipinski definition) is 4. The maximum Gasteiger partial charge on any atom is 0.349 e. The minimum absolute atomic E-state index is 0.389. The molecule has 0 fully saturated rings. The van der Waals surface area contributed by atoms with Crippen molar-refractivity contribution < 1.29 is 0 Å². The number of halogens is 1. The summed E-state index contributed by atoms with van der Waals surface area (Å²) in [6, 6.07) is 6.77. The highest BCUT2D eigenvalue weighted by Gasteiger charge is 2.02. The lowest BCUT2D eigenvalue weighted by molar-refractivity contribution is 1.09. The van der Waals surface area contributed by atoms with Gasteiger partial charge in [0.25, 0.3) is 0 Å². The molecule has 76 valence electrons. The number of benzene rings is 1. The maximum atomic E-state index is 11.0. The fraction of sp³-hybridized carbons (Fsp3) is 0. The molecule has 15 heavy (non-hydrogen) atoms. The second-order valence-electron chi connectivity index (χ2n) is 2.74. The van der Waals surface area contributed by atoms with Crippen LogP contribution in [-0.4, -0.2) is 9.97 Å². The number of nitrogens with zero attached hydrogens (tertiary/aromatic N) is 1. The van der Waals surface area contributed by atoms with Crippen LogP contribution < -0.4 is 10.6 Å². The Hall–Kier alpha value is -1.46. The van der Waals surface area contributed by atoms with Gasteiger partial charge in [-0.1, -0.05) is 35.1 Å². The molecule has 0 saturated heterocycles. The SMILES string of the molecule is O=c1nc(-c2ccc(Cl)cc2)sc(=O)[nH]1. The zero-order chi connectivity index (χ0) is 10.8. The lowest BCUT2D eigenvalue weighted by atomic mass is 10.2. The van der Waals surface area contributed by atoms with Gasteiger partial charge in [0.2, 0.25) is 0 Å². The smallest absolute Gasteiger partial charge is 0.264 e. The molecule has 0 atom stereocenters. The van der Waals surface area contributed by atoms with E-state index >= 15 is 0 Å². The molecule has 0 aliphatic rings. The first-order valence-corrected chi connectivity index (χ1v) is 5.22. The van der Waals surface area contributed by atoms with Crippen molar-refractivity contribution in [2.24, 2.45) is 0 Å². The Bertz CT molecular complexity index is 560. The number of hydrogen-bond donors (Lipinski definition) is 1. The van der Waals surface area contributed by atoms with E-state index in [0.717, 1.165) is 11.3 Å². The Morgan fingerprint density at radius 2 is 1.87 bits per heavy atom. The maximum absolute atomic E-state index is 11.0. The highest BCUT2D eigenvalue weighted by molar-refractivity contribution is 7.12. The van der Waals surface area contributed by atoms with Crippen molar-refractivity contribution in [2.75, 3.05) is 0 Å². The number of nitrogens with one attached hydrogen (secondary N) is 1. The van der Waals surface area contributed by atoms with Gasteiger partial charge in [0.1, 0.15) is 5.01 Å². The highest BCUT2D eigenvalue weighted by Crippen LogP contribution is 2.19. The molecule has 1 aromatic carbocycles. The third-order valence-electron chi connectivity index (χ3n) is 1.69. The summed E-state index contributed by atoms with van der Waals surface area (Å²) in [7, 11) is 0. The van der Waals surface area contributed by atoms with E-state index in [-0.39, 0.29) is 0 Å². The summed E-state index contributed by atoms with van der Waals surface area (Å²) in [6.07, 6.45) is 0. The van der Waals surface area contributed by atoms with Crippen LogP contribution in [0, 0.1) is 0 Å². The van der Waals surface area contributed by atoms with Crippen LogP contribution in [-0.2, 0) is 0 Å². The minimum atomic E-state index is -0.635. The second kappa shape index (κ2) is 3.96. The Balaban J connectivity index is 2.59. The first kappa shape index (κ1) is 10.1. The van der Waals surface area contributed by atoms with E-state index in [1.165, 1.54) is 0 Å². The Morgan fingerprint density at radius 1 is 1.20 bits per heavy atom. The largest absolute Gasteiger partial charge is 0.349 e. The van der Waals surface area contributed by atoms with Crippen LogP contribution in [0.2, 0.25) is 5.02 Å². The third-order valence-corrected chi connectivity index (χ3v) is 2.75. The average molecular weight is 241 g/mol. The molecular formula is C9H5ClN2O2S. The Kier molecular flexibility index (Phi) is 2.66. The van der Waals surface area contributed by atoms with Gasteiger partial charge in [0.05, 0.1) is 0 Å². The summed E-state index contributed by atoms with van der Waals surface area (Å²) in [5, 5.41) is 0.983. The fourth-order valence-electron chi connectivity index (χ4n) is 1.06. The molecule has 0 aliphatic carbocycles. The lowest BCUT2D eigenvalue weighted by Gasteiger charge is -1.97. The van der Waals surface area contributed by atoms with Crippen LogP contribution in [0.5, 0.6) is 0 Å². The summed E-state index contributed by atoms with van der Waals surface area (Å²) in [4.78, 5) is 27.4. The van der Waals surface area contributed by atoms with E-state index in [1.54, 1.807) is 24.3 Å². The normalized spacial score (nSPS) is 10.2. The van der Waals surface area contributed by atoms with Crippen LogP contribution in [0.3, 0.4) is 0 Å². The molecule has 1 aromatic heterocycles. The van der Waals surface area contributed by atoms with E-state index in [1.807, 2.05) is 0 Å². The van der Waals surface area contributed by atoms with Gasteiger partial charge in [-0.2, -0.15) is 4.98 Å². The molecule has 0 unspecified atom stereocenters. The van der Waals surface area contributed by atoms with Crippen molar-refractivity contribution >= 4 is 22.9 Å². The molecule has 0 amide bonds. The number of H-pyrrole nitrogens is 1. The lowest BCUT2D eigenvalue weighted by Crippen LogP contribution is -2.19. The van der Waals surface area contributed by atoms with Crippen molar-refractivity contribution in [1.29, 1.82) is 0 Å². The molecule has 2 aromatic rings. The number of rotatable bonds is 1. The highest BCUT2D eigenvalue weighted by atomic mass is 35.5. The quantitative estimate of drug-likeness (QED) is 0.822. The van der Waals surface area contributed by atoms with Crippen LogP contribution in [0.4, 0.5) is 0 Å². The summed E-state index contributed by atoms with van der Waals surface area (Å²) in [5.41, 5.74) is 0.0660. The van der Waals surface area contributed by atoms with Crippen LogP contribution in [0.25, 0.3) is 10.6 Å². The summed E-state index contributed by atoms with van der Waals surface area (Å²) < 4.78 is 0. The predicted molar refractivity (Wildman–Crippen MR) is 59.5 cm³/mol. The first-order valence-electron chi connectivity index (χ1n) is 4.02. The van der Waals surface area contributed by atoms with Gasteiger partial charge in [-0.05, 0) is 12.1 Å². The summed E-state index contributed by atoms with van der Waals surface area (Å²) >= 11 is 6.60. The zero-order valence-corrected chi connectivity index (χ0v) is 8.93. The Morgan fingerprint density at radius 3 is 2.47 bits per heavy atom. The van der Waals surface area contributed by atoms with Crippen molar-refractivity contribution in [2.45, 2.75) is 0 Å². The molecule has 0 saturated carbocycles. The van der Waals surface area contributed by atoms with Gasteiger partial charge in [-0.3, -0.25) is 9.78 Å². The molecule has 0 bridgehead atoms. The summed E-state index contributed by atoms with van der Waals surface area (Å²) in [6.45, 7) is 0. The van der Waals surface area contributed by atoms with Crippen LogP contribution in [0.1, 0.15) is 0 Å². The predicted octanol–water partition coefficient (Wildman–Crippen LogP) is 1.51. The second-order valence-corrected chi connectivity index (χ2v) is 4.14. The van der Waals surface area contributed by atoms with E-state index in [9.17, 15) is 9.59 Å².